The Bertz CT molecular complexity index is 484. The number of piperazine rings is 1. The average molecular weight is 296 g/mol. The van der Waals surface area contributed by atoms with Gasteiger partial charge >= 0.3 is 0 Å². The number of carbonyl (C=O) groups excluding carboxylic acids is 1. The molecule has 1 aliphatic rings. The summed E-state index contributed by atoms with van der Waals surface area (Å²) in [6.07, 6.45) is 1.13. The molecule has 1 heterocycles. The van der Waals surface area contributed by atoms with E-state index in [0.717, 1.165) is 32.6 Å². The van der Waals surface area contributed by atoms with Crippen molar-refractivity contribution in [3.05, 3.63) is 28.8 Å². The predicted octanol–water partition coefficient (Wildman–Crippen LogP) is 2.48. The summed E-state index contributed by atoms with van der Waals surface area (Å²) in [5, 5.41) is 0.466. The van der Waals surface area contributed by atoms with Crippen molar-refractivity contribution < 1.29 is 4.79 Å². The quantitative estimate of drug-likeness (QED) is 0.872. The van der Waals surface area contributed by atoms with Gasteiger partial charge in [0.15, 0.2) is 0 Å². The van der Waals surface area contributed by atoms with Gasteiger partial charge in [0.2, 0.25) is 0 Å². The van der Waals surface area contributed by atoms with Crippen LogP contribution < -0.4 is 5.73 Å². The third kappa shape index (κ3) is 3.25. The number of carbonyl (C=O) groups is 1. The lowest BCUT2D eigenvalue weighted by Gasteiger charge is -2.38. The van der Waals surface area contributed by atoms with Crippen LogP contribution in [0.25, 0.3) is 0 Å². The van der Waals surface area contributed by atoms with Gasteiger partial charge in [-0.1, -0.05) is 18.5 Å². The molecule has 2 N–H and O–H groups in total. The minimum Gasteiger partial charge on any atom is -0.399 e. The van der Waals surface area contributed by atoms with Crippen molar-refractivity contribution in [1.29, 1.82) is 0 Å². The summed E-state index contributed by atoms with van der Waals surface area (Å²) in [7, 11) is 0. The highest BCUT2D eigenvalue weighted by molar-refractivity contribution is 6.34. The summed E-state index contributed by atoms with van der Waals surface area (Å²) in [6, 6.07) is 5.62. The summed E-state index contributed by atoms with van der Waals surface area (Å²) in [4.78, 5) is 16.8. The molecule has 1 aromatic carbocycles. The molecule has 1 aliphatic heterocycles. The number of hydrogen-bond donors (Lipinski definition) is 1. The van der Waals surface area contributed by atoms with E-state index in [1.54, 1.807) is 18.2 Å². The smallest absolute Gasteiger partial charge is 0.255 e. The summed E-state index contributed by atoms with van der Waals surface area (Å²) in [5.74, 6) is -0.0221. The lowest BCUT2D eigenvalue weighted by Crippen LogP contribution is -2.51. The highest BCUT2D eigenvalue weighted by atomic mass is 35.5. The van der Waals surface area contributed by atoms with Gasteiger partial charge in [0.1, 0.15) is 0 Å². The zero-order valence-corrected chi connectivity index (χ0v) is 12.9. The number of amides is 1. The van der Waals surface area contributed by atoms with Crippen LogP contribution in [0.4, 0.5) is 5.69 Å². The van der Waals surface area contributed by atoms with Gasteiger partial charge in [-0.3, -0.25) is 9.69 Å². The Hall–Kier alpha value is -1.26. The van der Waals surface area contributed by atoms with Crippen molar-refractivity contribution >= 4 is 23.2 Å². The zero-order chi connectivity index (χ0) is 14.7. The molecule has 20 heavy (non-hydrogen) atoms. The standard InChI is InChI=1S/C15H22ClN3O/c1-3-11(2)18-6-8-19(9-7-18)15(20)13-10-12(17)4-5-14(13)16/h4-5,10-11H,3,6-9,17H2,1-2H3. The Morgan fingerprint density at radius 2 is 2.00 bits per heavy atom. The van der Waals surface area contributed by atoms with Crippen LogP contribution >= 0.6 is 11.6 Å². The fourth-order valence-corrected chi connectivity index (χ4v) is 2.70. The molecule has 0 aliphatic carbocycles. The Morgan fingerprint density at radius 1 is 1.35 bits per heavy atom. The number of halogens is 1. The molecule has 5 heteroatoms. The molecular formula is C15H22ClN3O. The van der Waals surface area contributed by atoms with E-state index < -0.39 is 0 Å². The molecule has 1 atom stereocenters. The summed E-state index contributed by atoms with van der Waals surface area (Å²) in [6.45, 7) is 7.74. The average Bonchev–Trinajstić information content (AvgIpc) is 2.48. The third-order valence-corrected chi connectivity index (χ3v) is 4.37. The van der Waals surface area contributed by atoms with Crippen LogP contribution in [-0.2, 0) is 0 Å². The fourth-order valence-electron chi connectivity index (χ4n) is 2.50. The van der Waals surface area contributed by atoms with E-state index in [9.17, 15) is 4.79 Å². The lowest BCUT2D eigenvalue weighted by atomic mass is 10.1. The minimum atomic E-state index is -0.0221. The highest BCUT2D eigenvalue weighted by Gasteiger charge is 2.25. The van der Waals surface area contributed by atoms with Crippen molar-refractivity contribution in [2.45, 2.75) is 26.3 Å². The zero-order valence-electron chi connectivity index (χ0n) is 12.1. The number of nitrogen functional groups attached to an aromatic ring is 1. The maximum atomic E-state index is 12.5. The Balaban J connectivity index is 2.03. The van der Waals surface area contributed by atoms with Crippen LogP contribution in [0.3, 0.4) is 0 Å². The molecule has 4 nitrogen and oxygen atoms in total. The van der Waals surface area contributed by atoms with Crippen LogP contribution in [0.2, 0.25) is 5.02 Å². The van der Waals surface area contributed by atoms with Crippen LogP contribution in [-0.4, -0.2) is 47.9 Å². The second-order valence-corrected chi connectivity index (χ2v) is 5.73. The number of nitrogens with zero attached hydrogens (tertiary/aromatic N) is 2. The topological polar surface area (TPSA) is 49.6 Å². The molecule has 0 aromatic heterocycles. The molecule has 1 unspecified atom stereocenters. The van der Waals surface area contributed by atoms with Gasteiger partial charge in [-0.05, 0) is 31.5 Å². The molecule has 0 radical (unpaired) electrons. The van der Waals surface area contributed by atoms with Gasteiger partial charge in [0.25, 0.3) is 5.91 Å². The van der Waals surface area contributed by atoms with E-state index >= 15 is 0 Å². The van der Waals surface area contributed by atoms with E-state index in [4.69, 9.17) is 17.3 Å². The summed E-state index contributed by atoms with van der Waals surface area (Å²) >= 11 is 6.10. The van der Waals surface area contributed by atoms with Crippen molar-refractivity contribution in [2.24, 2.45) is 0 Å². The number of hydrogen-bond acceptors (Lipinski definition) is 3. The molecule has 110 valence electrons. The molecule has 0 bridgehead atoms. The Morgan fingerprint density at radius 3 is 2.60 bits per heavy atom. The van der Waals surface area contributed by atoms with Gasteiger partial charge in [0.05, 0.1) is 10.6 Å². The number of rotatable bonds is 3. The fraction of sp³-hybridized carbons (Fsp3) is 0.533. The predicted molar refractivity (Wildman–Crippen MR) is 83.1 cm³/mol. The van der Waals surface area contributed by atoms with E-state index in [1.807, 2.05) is 4.90 Å². The SMILES string of the molecule is CCC(C)N1CCN(C(=O)c2cc(N)ccc2Cl)CC1. The first-order valence-electron chi connectivity index (χ1n) is 7.11. The molecule has 2 rings (SSSR count). The van der Waals surface area contributed by atoms with Gasteiger partial charge < -0.3 is 10.6 Å². The Kier molecular flexibility index (Phi) is 4.89. The number of benzene rings is 1. The highest BCUT2D eigenvalue weighted by Crippen LogP contribution is 2.21. The van der Waals surface area contributed by atoms with Crippen molar-refractivity contribution in [2.75, 3.05) is 31.9 Å². The van der Waals surface area contributed by atoms with Crippen molar-refractivity contribution in [3.63, 3.8) is 0 Å². The van der Waals surface area contributed by atoms with Crippen LogP contribution in [0, 0.1) is 0 Å². The molecular weight excluding hydrogens is 274 g/mol. The van der Waals surface area contributed by atoms with E-state index in [1.165, 1.54) is 0 Å². The molecule has 1 aromatic rings. The largest absolute Gasteiger partial charge is 0.399 e. The normalized spacial score (nSPS) is 18.1. The Labute approximate surface area is 125 Å². The van der Waals surface area contributed by atoms with Crippen molar-refractivity contribution in [1.82, 2.24) is 9.80 Å². The summed E-state index contributed by atoms with van der Waals surface area (Å²) < 4.78 is 0. The first kappa shape index (κ1) is 15.1. The second kappa shape index (κ2) is 6.46. The molecule has 1 saturated heterocycles. The van der Waals surface area contributed by atoms with Gasteiger partial charge in [-0.25, -0.2) is 0 Å². The first-order valence-corrected chi connectivity index (χ1v) is 7.49. The molecule has 1 fully saturated rings. The van der Waals surface area contributed by atoms with Crippen LogP contribution in [0.15, 0.2) is 18.2 Å². The molecule has 0 spiro atoms. The van der Waals surface area contributed by atoms with Crippen LogP contribution in [0.1, 0.15) is 30.6 Å². The maximum absolute atomic E-state index is 12.5. The molecule has 1 amide bonds. The number of anilines is 1. The van der Waals surface area contributed by atoms with Crippen LogP contribution in [0.5, 0.6) is 0 Å². The number of nitrogens with two attached hydrogens (primary N) is 1. The van der Waals surface area contributed by atoms with E-state index in [2.05, 4.69) is 18.7 Å². The van der Waals surface area contributed by atoms with E-state index in [-0.39, 0.29) is 5.91 Å². The summed E-state index contributed by atoms with van der Waals surface area (Å²) in [5.41, 5.74) is 6.81. The van der Waals surface area contributed by atoms with Crippen molar-refractivity contribution in [3.8, 4) is 0 Å². The molecule has 0 saturated carbocycles. The maximum Gasteiger partial charge on any atom is 0.255 e. The van der Waals surface area contributed by atoms with Gasteiger partial charge in [0, 0.05) is 37.9 Å². The van der Waals surface area contributed by atoms with E-state index in [0.29, 0.717) is 22.3 Å². The van der Waals surface area contributed by atoms with Gasteiger partial charge in [-0.15, -0.1) is 0 Å². The minimum absolute atomic E-state index is 0.0221. The monoisotopic (exact) mass is 295 g/mol. The first-order chi connectivity index (χ1) is 9.52. The lowest BCUT2D eigenvalue weighted by molar-refractivity contribution is 0.0580. The second-order valence-electron chi connectivity index (χ2n) is 5.32. The van der Waals surface area contributed by atoms with Gasteiger partial charge in [-0.2, -0.15) is 0 Å². The third-order valence-electron chi connectivity index (χ3n) is 4.04.